The Morgan fingerprint density at radius 2 is 2.19 bits per heavy atom. The van der Waals surface area contributed by atoms with Crippen LogP contribution in [0.5, 0.6) is 11.5 Å². The number of benzene rings is 1. The summed E-state index contributed by atoms with van der Waals surface area (Å²) in [4.78, 5) is 0. The van der Waals surface area contributed by atoms with Crippen LogP contribution in [-0.2, 0) is 11.2 Å². The molecular weight excluding hydrogens is 266 g/mol. The van der Waals surface area contributed by atoms with Crippen molar-refractivity contribution in [2.75, 3.05) is 13.7 Å². The molecule has 1 aromatic rings. The first-order valence-electron chi connectivity index (χ1n) is 7.63. The van der Waals surface area contributed by atoms with Gasteiger partial charge in [-0.3, -0.25) is 0 Å². The molecule has 2 atom stereocenters. The molecule has 0 aliphatic carbocycles. The van der Waals surface area contributed by atoms with E-state index in [1.165, 1.54) is 0 Å². The number of methoxy groups -OCH3 is 1. The molecule has 118 valence electrons. The predicted molar refractivity (Wildman–Crippen MR) is 84.0 cm³/mol. The average Bonchev–Trinajstić information content (AvgIpc) is 2.76. The normalized spacial score (nSPS) is 22.0. The van der Waals surface area contributed by atoms with Crippen molar-refractivity contribution in [1.29, 1.82) is 0 Å². The van der Waals surface area contributed by atoms with E-state index in [0.29, 0.717) is 6.61 Å². The summed E-state index contributed by atoms with van der Waals surface area (Å²) in [6.45, 7) is 6.83. The van der Waals surface area contributed by atoms with Gasteiger partial charge in [-0.05, 0) is 63.8 Å². The summed E-state index contributed by atoms with van der Waals surface area (Å²) in [5.74, 6) is 1.71. The molecule has 1 heterocycles. The van der Waals surface area contributed by atoms with Gasteiger partial charge in [-0.2, -0.15) is 0 Å². The fraction of sp³-hybridized carbons (Fsp3) is 0.647. The summed E-state index contributed by atoms with van der Waals surface area (Å²) in [5.41, 5.74) is 6.98. The second-order valence-corrected chi connectivity index (χ2v) is 6.50. The molecule has 0 spiro atoms. The van der Waals surface area contributed by atoms with Gasteiger partial charge in [-0.25, -0.2) is 0 Å². The van der Waals surface area contributed by atoms with E-state index < -0.39 is 0 Å². The fourth-order valence-electron chi connectivity index (χ4n) is 2.71. The first-order valence-corrected chi connectivity index (χ1v) is 7.63. The topological polar surface area (TPSA) is 53.7 Å². The minimum absolute atomic E-state index is 0.0253. The van der Waals surface area contributed by atoms with Crippen molar-refractivity contribution in [2.45, 2.75) is 57.8 Å². The van der Waals surface area contributed by atoms with Crippen molar-refractivity contribution in [3.63, 3.8) is 0 Å². The summed E-state index contributed by atoms with van der Waals surface area (Å²) in [6.07, 6.45) is 3.07. The van der Waals surface area contributed by atoms with E-state index in [9.17, 15) is 0 Å². The average molecular weight is 293 g/mol. The summed E-state index contributed by atoms with van der Waals surface area (Å²) >= 11 is 0. The van der Waals surface area contributed by atoms with Crippen molar-refractivity contribution in [1.82, 2.24) is 0 Å². The molecule has 2 N–H and O–H groups in total. The monoisotopic (exact) mass is 293 g/mol. The van der Waals surface area contributed by atoms with Crippen molar-refractivity contribution in [2.24, 2.45) is 5.73 Å². The molecular formula is C17H27NO3. The lowest BCUT2D eigenvalue weighted by Gasteiger charge is -2.20. The van der Waals surface area contributed by atoms with Crippen LogP contribution in [0.15, 0.2) is 18.2 Å². The third-order valence-electron chi connectivity index (χ3n) is 3.79. The second-order valence-electron chi connectivity index (χ2n) is 6.50. The zero-order valence-corrected chi connectivity index (χ0v) is 13.5. The maximum atomic E-state index is 5.98. The van der Waals surface area contributed by atoms with E-state index in [2.05, 4.69) is 13.8 Å². The van der Waals surface area contributed by atoms with Crippen LogP contribution in [0.2, 0.25) is 0 Å². The molecule has 1 saturated heterocycles. The fourth-order valence-corrected chi connectivity index (χ4v) is 2.71. The molecule has 0 amide bonds. The molecule has 1 aromatic carbocycles. The van der Waals surface area contributed by atoms with Crippen LogP contribution in [0, 0.1) is 0 Å². The van der Waals surface area contributed by atoms with E-state index in [-0.39, 0.29) is 17.7 Å². The molecule has 0 bridgehead atoms. The van der Waals surface area contributed by atoms with Gasteiger partial charge in [0.15, 0.2) is 0 Å². The number of ether oxygens (including phenoxy) is 3. The third kappa shape index (κ3) is 4.61. The van der Waals surface area contributed by atoms with Gasteiger partial charge < -0.3 is 19.9 Å². The van der Waals surface area contributed by atoms with Crippen LogP contribution >= 0.6 is 0 Å². The lowest BCUT2D eigenvalue weighted by Crippen LogP contribution is -2.24. The van der Waals surface area contributed by atoms with Crippen LogP contribution in [0.3, 0.4) is 0 Å². The molecule has 0 radical (unpaired) electrons. The second kappa shape index (κ2) is 6.67. The first kappa shape index (κ1) is 16.1. The summed E-state index contributed by atoms with van der Waals surface area (Å²) < 4.78 is 17.2. The van der Waals surface area contributed by atoms with Gasteiger partial charge in [-0.15, -0.1) is 0 Å². The van der Waals surface area contributed by atoms with E-state index in [0.717, 1.165) is 36.3 Å². The summed E-state index contributed by atoms with van der Waals surface area (Å²) in [5, 5.41) is 0. The highest BCUT2D eigenvalue weighted by Crippen LogP contribution is 2.31. The molecule has 2 unspecified atom stereocenters. The van der Waals surface area contributed by atoms with Gasteiger partial charge in [0.05, 0.1) is 18.8 Å². The Bertz CT molecular complexity index is 471. The zero-order valence-electron chi connectivity index (χ0n) is 13.5. The Morgan fingerprint density at radius 3 is 2.76 bits per heavy atom. The van der Waals surface area contributed by atoms with Gasteiger partial charge >= 0.3 is 0 Å². The number of hydrogen-bond donors (Lipinski definition) is 1. The third-order valence-corrected chi connectivity index (χ3v) is 3.79. The van der Waals surface area contributed by atoms with Gasteiger partial charge in [0, 0.05) is 6.04 Å². The van der Waals surface area contributed by atoms with E-state index in [4.69, 9.17) is 19.9 Å². The summed E-state index contributed by atoms with van der Waals surface area (Å²) in [6, 6.07) is 5.95. The molecule has 2 rings (SSSR count). The largest absolute Gasteiger partial charge is 0.497 e. The standard InChI is InChI=1S/C17H27NO3/c1-12(18)9-13-10-14(19-4)5-6-16(13)20-11-15-7-8-17(2,3)21-15/h5-6,10,12,15H,7-9,11,18H2,1-4H3. The van der Waals surface area contributed by atoms with E-state index in [1.807, 2.05) is 25.1 Å². The van der Waals surface area contributed by atoms with Gasteiger partial charge in [0.25, 0.3) is 0 Å². The Balaban J connectivity index is 2.01. The molecule has 0 aromatic heterocycles. The minimum Gasteiger partial charge on any atom is -0.497 e. The molecule has 1 aliphatic heterocycles. The lowest BCUT2D eigenvalue weighted by atomic mass is 10.1. The molecule has 0 saturated carbocycles. The molecule has 1 fully saturated rings. The van der Waals surface area contributed by atoms with Crippen molar-refractivity contribution in [3.05, 3.63) is 23.8 Å². The minimum atomic E-state index is -0.0253. The maximum absolute atomic E-state index is 5.98. The molecule has 4 nitrogen and oxygen atoms in total. The van der Waals surface area contributed by atoms with Crippen LogP contribution in [0.25, 0.3) is 0 Å². The Morgan fingerprint density at radius 1 is 1.43 bits per heavy atom. The van der Waals surface area contributed by atoms with Crippen molar-refractivity contribution < 1.29 is 14.2 Å². The lowest BCUT2D eigenvalue weighted by molar-refractivity contribution is -0.0327. The number of nitrogens with two attached hydrogens (primary N) is 1. The highest BCUT2D eigenvalue weighted by atomic mass is 16.6. The molecule has 21 heavy (non-hydrogen) atoms. The first-order chi connectivity index (χ1) is 9.89. The predicted octanol–water partition coefficient (Wildman–Crippen LogP) is 2.92. The smallest absolute Gasteiger partial charge is 0.122 e. The van der Waals surface area contributed by atoms with Crippen LogP contribution in [-0.4, -0.2) is 31.5 Å². The van der Waals surface area contributed by atoms with Crippen LogP contribution in [0.4, 0.5) is 0 Å². The Labute approximate surface area is 127 Å². The van der Waals surface area contributed by atoms with Gasteiger partial charge in [0.2, 0.25) is 0 Å². The highest BCUT2D eigenvalue weighted by Gasteiger charge is 2.32. The Kier molecular flexibility index (Phi) is 5.12. The molecule has 1 aliphatic rings. The van der Waals surface area contributed by atoms with Crippen molar-refractivity contribution in [3.8, 4) is 11.5 Å². The zero-order chi connectivity index (χ0) is 15.5. The highest BCUT2D eigenvalue weighted by molar-refractivity contribution is 5.40. The van der Waals surface area contributed by atoms with E-state index in [1.54, 1.807) is 7.11 Å². The number of hydrogen-bond acceptors (Lipinski definition) is 4. The van der Waals surface area contributed by atoms with Crippen LogP contribution in [0.1, 0.15) is 39.2 Å². The molecule has 4 heteroatoms. The quantitative estimate of drug-likeness (QED) is 0.876. The maximum Gasteiger partial charge on any atom is 0.122 e. The van der Waals surface area contributed by atoms with Gasteiger partial charge in [0.1, 0.15) is 18.1 Å². The van der Waals surface area contributed by atoms with Crippen LogP contribution < -0.4 is 15.2 Å². The van der Waals surface area contributed by atoms with Crippen molar-refractivity contribution >= 4 is 0 Å². The SMILES string of the molecule is COc1ccc(OCC2CCC(C)(C)O2)c(CC(C)N)c1. The van der Waals surface area contributed by atoms with Gasteiger partial charge in [-0.1, -0.05) is 0 Å². The Hall–Kier alpha value is -1.26. The summed E-state index contributed by atoms with van der Waals surface area (Å²) in [7, 11) is 1.67. The van der Waals surface area contributed by atoms with E-state index >= 15 is 0 Å². The number of rotatable bonds is 6.